The molecule has 0 radical (unpaired) electrons. The monoisotopic (exact) mass is 535 g/mol. The summed E-state index contributed by atoms with van der Waals surface area (Å²) in [7, 11) is 2.03. The summed E-state index contributed by atoms with van der Waals surface area (Å²) in [4.78, 5) is 14.8. The lowest BCUT2D eigenvalue weighted by Gasteiger charge is -2.29. The molecule has 0 spiro atoms. The summed E-state index contributed by atoms with van der Waals surface area (Å²) in [6.07, 6.45) is -1.98. The standard InChI is InChI=1S/C24H25F4N7OS/c1-13(29)20-21(30)32-22(33-23(20)36-16-6-9-35(2)10-7-16)14-3-4-18(17(25)11-14)34-37-19-12-15(5-8-31-19)24(26,27)28/h3-5,8,11-12,16,29,34H,6-7,9-10H2,1-2H3,(H2,30,32,33). The summed E-state index contributed by atoms with van der Waals surface area (Å²) in [5.41, 5.74) is 6.09. The number of benzene rings is 1. The Kier molecular flexibility index (Phi) is 7.83. The number of ether oxygens (including phenoxy) is 1. The summed E-state index contributed by atoms with van der Waals surface area (Å²) in [6, 6.07) is 5.89. The van der Waals surface area contributed by atoms with Gasteiger partial charge in [-0.1, -0.05) is 0 Å². The van der Waals surface area contributed by atoms with E-state index in [1.807, 2.05) is 7.05 Å². The Labute approximate surface area is 215 Å². The lowest BCUT2D eigenvalue weighted by molar-refractivity contribution is -0.137. The highest BCUT2D eigenvalue weighted by Gasteiger charge is 2.31. The molecule has 0 aliphatic carbocycles. The van der Waals surface area contributed by atoms with E-state index in [1.165, 1.54) is 12.1 Å². The van der Waals surface area contributed by atoms with E-state index in [1.54, 1.807) is 13.0 Å². The van der Waals surface area contributed by atoms with Gasteiger partial charge in [0.2, 0.25) is 5.88 Å². The number of nitrogen functional groups attached to an aromatic ring is 1. The number of nitrogens with zero attached hydrogens (tertiary/aromatic N) is 4. The summed E-state index contributed by atoms with van der Waals surface area (Å²) in [5.74, 6) is -0.320. The second kappa shape index (κ2) is 10.9. The zero-order valence-corrected chi connectivity index (χ0v) is 20.9. The molecule has 196 valence electrons. The summed E-state index contributed by atoms with van der Waals surface area (Å²) < 4.78 is 62.4. The molecule has 2 aromatic heterocycles. The number of nitrogens with one attached hydrogen (secondary N) is 2. The van der Waals surface area contributed by atoms with Crippen molar-refractivity contribution in [1.82, 2.24) is 19.9 Å². The average molecular weight is 536 g/mol. The number of nitrogens with two attached hydrogens (primary N) is 1. The van der Waals surface area contributed by atoms with Crippen LogP contribution in [0.3, 0.4) is 0 Å². The van der Waals surface area contributed by atoms with Crippen LogP contribution >= 0.6 is 11.9 Å². The molecule has 8 nitrogen and oxygen atoms in total. The second-order valence-electron chi connectivity index (χ2n) is 8.64. The van der Waals surface area contributed by atoms with Crippen molar-refractivity contribution in [2.24, 2.45) is 0 Å². The smallest absolute Gasteiger partial charge is 0.416 e. The Morgan fingerprint density at radius 2 is 1.92 bits per heavy atom. The Hall–Kier alpha value is -3.45. The van der Waals surface area contributed by atoms with Crippen LogP contribution in [0.1, 0.15) is 30.9 Å². The highest BCUT2D eigenvalue weighted by atomic mass is 32.2. The molecular formula is C24H25F4N7OS. The van der Waals surface area contributed by atoms with Crippen molar-refractivity contribution >= 4 is 29.2 Å². The molecule has 3 heterocycles. The predicted octanol–water partition coefficient (Wildman–Crippen LogP) is 5.26. The van der Waals surface area contributed by atoms with E-state index in [0.29, 0.717) is 11.1 Å². The first kappa shape index (κ1) is 26.6. The normalized spacial score (nSPS) is 15.0. The molecule has 1 aliphatic heterocycles. The number of hydrogen-bond acceptors (Lipinski definition) is 9. The van der Waals surface area contributed by atoms with Gasteiger partial charge in [0.1, 0.15) is 22.8 Å². The number of halogens is 4. The van der Waals surface area contributed by atoms with Crippen LogP contribution in [0.5, 0.6) is 5.88 Å². The number of piperidine rings is 1. The average Bonchev–Trinajstić information content (AvgIpc) is 2.84. The summed E-state index contributed by atoms with van der Waals surface area (Å²) >= 11 is 0.750. The lowest BCUT2D eigenvalue weighted by atomic mass is 10.1. The Bertz CT molecular complexity index is 1300. The van der Waals surface area contributed by atoms with E-state index < -0.39 is 17.6 Å². The van der Waals surface area contributed by atoms with E-state index in [4.69, 9.17) is 15.9 Å². The largest absolute Gasteiger partial charge is 0.474 e. The van der Waals surface area contributed by atoms with Crippen molar-refractivity contribution in [1.29, 1.82) is 5.41 Å². The first-order valence-electron chi connectivity index (χ1n) is 11.4. The molecule has 0 saturated carbocycles. The molecule has 1 fully saturated rings. The molecule has 1 aliphatic rings. The zero-order chi connectivity index (χ0) is 26.7. The number of aromatic nitrogens is 3. The minimum atomic E-state index is -4.51. The molecule has 0 bridgehead atoms. The molecule has 0 amide bonds. The molecule has 1 saturated heterocycles. The Morgan fingerprint density at radius 3 is 2.57 bits per heavy atom. The van der Waals surface area contributed by atoms with E-state index in [9.17, 15) is 17.6 Å². The van der Waals surface area contributed by atoms with Crippen LogP contribution in [-0.4, -0.2) is 51.8 Å². The van der Waals surface area contributed by atoms with Gasteiger partial charge in [0, 0.05) is 42.5 Å². The fourth-order valence-corrected chi connectivity index (χ4v) is 4.45. The number of likely N-dealkylation sites (tertiary alicyclic amines) is 1. The van der Waals surface area contributed by atoms with Gasteiger partial charge in [0.15, 0.2) is 5.82 Å². The molecular weight excluding hydrogens is 510 g/mol. The number of anilines is 2. The van der Waals surface area contributed by atoms with Crippen LogP contribution in [0.15, 0.2) is 41.6 Å². The Morgan fingerprint density at radius 1 is 1.19 bits per heavy atom. The third-order valence-corrected chi connectivity index (χ3v) is 6.53. The first-order chi connectivity index (χ1) is 17.5. The fraction of sp³-hybridized carbons (Fsp3) is 0.333. The molecule has 1 aromatic carbocycles. The van der Waals surface area contributed by atoms with Gasteiger partial charge in [-0.25, -0.2) is 14.4 Å². The SMILES string of the molecule is CC(=N)c1c(N)nc(-c2ccc(NSc3cc(C(F)(F)F)ccn3)c(F)c2)nc1OC1CCN(C)CC1. The van der Waals surface area contributed by atoms with Crippen LogP contribution in [0.4, 0.5) is 29.1 Å². The molecule has 0 atom stereocenters. The van der Waals surface area contributed by atoms with Gasteiger partial charge in [-0.15, -0.1) is 0 Å². The zero-order valence-electron chi connectivity index (χ0n) is 20.1. The molecule has 4 rings (SSSR count). The van der Waals surface area contributed by atoms with Crippen molar-refractivity contribution in [3.8, 4) is 17.3 Å². The first-order valence-corrected chi connectivity index (χ1v) is 12.2. The summed E-state index contributed by atoms with van der Waals surface area (Å²) in [6.45, 7) is 3.29. The van der Waals surface area contributed by atoms with E-state index in [-0.39, 0.29) is 40.1 Å². The van der Waals surface area contributed by atoms with Gasteiger partial charge in [-0.05, 0) is 57.1 Å². The van der Waals surface area contributed by atoms with Crippen LogP contribution in [0, 0.1) is 11.2 Å². The molecule has 0 unspecified atom stereocenters. The molecule has 13 heteroatoms. The van der Waals surface area contributed by atoms with Crippen LogP contribution in [-0.2, 0) is 6.18 Å². The third kappa shape index (κ3) is 6.46. The van der Waals surface area contributed by atoms with Crippen molar-refractivity contribution in [2.45, 2.75) is 37.1 Å². The van der Waals surface area contributed by atoms with Crippen molar-refractivity contribution in [2.75, 3.05) is 30.6 Å². The highest BCUT2D eigenvalue weighted by Crippen LogP contribution is 2.33. The maximum atomic E-state index is 14.9. The summed E-state index contributed by atoms with van der Waals surface area (Å²) in [5, 5.41) is 8.11. The lowest BCUT2D eigenvalue weighted by Crippen LogP contribution is -2.36. The molecule has 37 heavy (non-hydrogen) atoms. The second-order valence-corrected chi connectivity index (χ2v) is 9.46. The predicted molar refractivity (Wildman–Crippen MR) is 134 cm³/mol. The maximum absolute atomic E-state index is 14.9. The third-order valence-electron chi connectivity index (χ3n) is 5.78. The Balaban J connectivity index is 1.55. The highest BCUT2D eigenvalue weighted by molar-refractivity contribution is 8.00. The van der Waals surface area contributed by atoms with Gasteiger partial charge in [0.25, 0.3) is 0 Å². The minimum Gasteiger partial charge on any atom is -0.474 e. The molecule has 4 N–H and O–H groups in total. The van der Waals surface area contributed by atoms with E-state index >= 15 is 0 Å². The van der Waals surface area contributed by atoms with Gasteiger partial charge in [-0.2, -0.15) is 18.2 Å². The fourth-order valence-electron chi connectivity index (χ4n) is 3.77. The number of pyridine rings is 1. The van der Waals surface area contributed by atoms with Crippen LogP contribution in [0.25, 0.3) is 11.4 Å². The topological polar surface area (TPSA) is 113 Å². The van der Waals surface area contributed by atoms with Crippen molar-refractivity contribution in [3.05, 3.63) is 53.5 Å². The van der Waals surface area contributed by atoms with Crippen molar-refractivity contribution in [3.63, 3.8) is 0 Å². The quantitative estimate of drug-likeness (QED) is 0.213. The maximum Gasteiger partial charge on any atom is 0.416 e. The van der Waals surface area contributed by atoms with Crippen LogP contribution in [0.2, 0.25) is 0 Å². The van der Waals surface area contributed by atoms with Crippen molar-refractivity contribution < 1.29 is 22.3 Å². The molecule has 3 aromatic rings. The van der Waals surface area contributed by atoms with E-state index in [0.717, 1.165) is 56.2 Å². The van der Waals surface area contributed by atoms with Crippen LogP contribution < -0.4 is 15.2 Å². The van der Waals surface area contributed by atoms with Gasteiger partial charge in [0.05, 0.1) is 16.8 Å². The van der Waals surface area contributed by atoms with E-state index in [2.05, 4.69) is 24.6 Å². The number of hydrogen-bond donors (Lipinski definition) is 3. The van der Waals surface area contributed by atoms with Gasteiger partial charge >= 0.3 is 6.18 Å². The minimum absolute atomic E-state index is 0.0303. The number of rotatable bonds is 7. The van der Waals surface area contributed by atoms with Gasteiger partial charge in [-0.3, -0.25) is 0 Å². The van der Waals surface area contributed by atoms with Gasteiger partial charge < -0.3 is 25.5 Å². The number of alkyl halides is 3.